The minimum Gasteiger partial charge on any atom is -0.423 e. The first-order valence-electron chi connectivity index (χ1n) is 11.7. The molecule has 0 bridgehead atoms. The van der Waals surface area contributed by atoms with Crippen molar-refractivity contribution in [2.45, 2.75) is 50.9 Å². The minimum absolute atomic E-state index is 0.272. The van der Waals surface area contributed by atoms with Crippen molar-refractivity contribution in [1.82, 2.24) is 0 Å². The third-order valence-corrected chi connectivity index (χ3v) is 6.86. The Morgan fingerprint density at radius 1 is 1.00 bits per heavy atom. The van der Waals surface area contributed by atoms with Gasteiger partial charge >= 0.3 is 5.97 Å². The van der Waals surface area contributed by atoms with Gasteiger partial charge in [0.15, 0.2) is 0 Å². The van der Waals surface area contributed by atoms with Crippen molar-refractivity contribution in [2.75, 3.05) is 0 Å². The Morgan fingerprint density at radius 3 is 2.21 bits per heavy atom. The summed E-state index contributed by atoms with van der Waals surface area (Å²) in [5.41, 5.74) is 2.20. The van der Waals surface area contributed by atoms with Crippen LogP contribution in [0.5, 0.6) is 5.75 Å². The summed E-state index contributed by atoms with van der Waals surface area (Å²) in [4.78, 5) is 12.4. The number of esters is 1. The summed E-state index contributed by atoms with van der Waals surface area (Å²) in [6.07, 6.45) is 5.85. The maximum Gasteiger partial charge on any atom is 0.343 e. The van der Waals surface area contributed by atoms with Crippen molar-refractivity contribution in [3.8, 4) is 11.8 Å². The van der Waals surface area contributed by atoms with E-state index in [0.29, 0.717) is 17.4 Å². The molecule has 34 heavy (non-hydrogen) atoms. The quantitative estimate of drug-likeness (QED) is 0.283. The summed E-state index contributed by atoms with van der Waals surface area (Å²) in [6.45, 7) is 2.31. The van der Waals surface area contributed by atoms with E-state index in [9.17, 15) is 13.6 Å². The lowest BCUT2D eigenvalue weighted by atomic mass is 9.75. The number of rotatable bonds is 6. The lowest BCUT2D eigenvalue weighted by Crippen LogP contribution is -2.15. The molecule has 0 aromatic heterocycles. The van der Waals surface area contributed by atoms with E-state index in [1.54, 1.807) is 12.1 Å². The van der Waals surface area contributed by atoms with Crippen LogP contribution in [0.1, 0.15) is 77.9 Å². The van der Waals surface area contributed by atoms with Crippen LogP contribution in [0.4, 0.5) is 8.78 Å². The molecular weight excluding hydrogens is 432 g/mol. The van der Waals surface area contributed by atoms with Crippen LogP contribution in [0.15, 0.2) is 66.7 Å². The molecule has 1 aliphatic rings. The summed E-state index contributed by atoms with van der Waals surface area (Å²) in [5.74, 6) is -1.33. The zero-order chi connectivity index (χ0) is 24.1. The summed E-state index contributed by atoms with van der Waals surface area (Å²) >= 11 is 0. The monoisotopic (exact) mass is 459 g/mol. The van der Waals surface area contributed by atoms with Crippen molar-refractivity contribution in [2.24, 2.45) is 5.92 Å². The first-order chi connectivity index (χ1) is 16.4. The number of nitrogens with zero attached hydrogens (tertiary/aromatic N) is 1. The van der Waals surface area contributed by atoms with Crippen LogP contribution in [0.2, 0.25) is 0 Å². The zero-order valence-electron chi connectivity index (χ0n) is 19.1. The molecule has 1 fully saturated rings. The second-order valence-corrected chi connectivity index (χ2v) is 9.15. The smallest absolute Gasteiger partial charge is 0.343 e. The van der Waals surface area contributed by atoms with Gasteiger partial charge in [0.05, 0.1) is 5.56 Å². The van der Waals surface area contributed by atoms with Crippen molar-refractivity contribution in [3.63, 3.8) is 0 Å². The predicted octanol–water partition coefficient (Wildman–Crippen LogP) is 7.52. The number of ether oxygens (including phenoxy) is 1. The van der Waals surface area contributed by atoms with E-state index in [0.717, 1.165) is 30.9 Å². The predicted molar refractivity (Wildman–Crippen MR) is 127 cm³/mol. The van der Waals surface area contributed by atoms with Crippen molar-refractivity contribution >= 4 is 5.97 Å². The fourth-order valence-electron chi connectivity index (χ4n) is 4.92. The molecule has 3 aromatic rings. The number of halogens is 2. The number of hydrogen-bond acceptors (Lipinski definition) is 3. The second-order valence-electron chi connectivity index (χ2n) is 9.15. The molecular formula is C29H27F2NO2. The summed E-state index contributed by atoms with van der Waals surface area (Å²) < 4.78 is 32.6. The second kappa shape index (κ2) is 10.6. The molecule has 0 aliphatic heterocycles. The normalized spacial score (nSPS) is 18.6. The molecule has 0 saturated heterocycles. The average molecular weight is 460 g/mol. The van der Waals surface area contributed by atoms with E-state index in [1.165, 1.54) is 36.5 Å². The summed E-state index contributed by atoms with van der Waals surface area (Å²) in [6, 6.07) is 21.0. The van der Waals surface area contributed by atoms with E-state index in [1.807, 2.05) is 12.1 Å². The molecule has 3 nitrogen and oxygen atoms in total. The van der Waals surface area contributed by atoms with Gasteiger partial charge in [-0.1, -0.05) is 49.4 Å². The molecule has 0 radical (unpaired) electrons. The van der Waals surface area contributed by atoms with Gasteiger partial charge in [0.1, 0.15) is 29.0 Å². The highest BCUT2D eigenvalue weighted by Gasteiger charge is 2.24. The van der Waals surface area contributed by atoms with Gasteiger partial charge in [-0.05, 0) is 73.1 Å². The number of hydrogen-bond donors (Lipinski definition) is 0. The molecule has 1 saturated carbocycles. The lowest BCUT2D eigenvalue weighted by Gasteiger charge is -2.30. The van der Waals surface area contributed by atoms with E-state index in [4.69, 9.17) is 10.00 Å². The molecule has 5 heteroatoms. The fraction of sp³-hybridized carbons (Fsp3) is 0.310. The van der Waals surface area contributed by atoms with Gasteiger partial charge in [-0.2, -0.15) is 5.26 Å². The van der Waals surface area contributed by atoms with Crippen LogP contribution >= 0.6 is 0 Å². The Morgan fingerprint density at radius 2 is 1.62 bits per heavy atom. The van der Waals surface area contributed by atoms with Crippen LogP contribution in [-0.4, -0.2) is 5.97 Å². The number of nitriles is 1. The Hall–Kier alpha value is -3.52. The average Bonchev–Trinajstić information content (AvgIpc) is 2.85. The molecule has 0 unspecified atom stereocenters. The van der Waals surface area contributed by atoms with Gasteiger partial charge in [0.25, 0.3) is 0 Å². The first-order valence-corrected chi connectivity index (χ1v) is 11.7. The van der Waals surface area contributed by atoms with Crippen LogP contribution in [-0.2, 0) is 0 Å². The molecule has 0 N–H and O–H groups in total. The summed E-state index contributed by atoms with van der Waals surface area (Å²) in [5, 5.41) is 8.75. The van der Waals surface area contributed by atoms with Gasteiger partial charge in [-0.15, -0.1) is 0 Å². The molecule has 1 atom stereocenters. The first kappa shape index (κ1) is 23.6. The Labute approximate surface area is 199 Å². The van der Waals surface area contributed by atoms with E-state index >= 15 is 0 Å². The Bertz CT molecular complexity index is 1150. The van der Waals surface area contributed by atoms with Crippen LogP contribution in [0.25, 0.3) is 0 Å². The molecule has 174 valence electrons. The van der Waals surface area contributed by atoms with Crippen LogP contribution in [0, 0.1) is 28.9 Å². The van der Waals surface area contributed by atoms with E-state index in [-0.39, 0.29) is 5.75 Å². The number of benzene rings is 3. The van der Waals surface area contributed by atoms with Gasteiger partial charge in [-0.25, -0.2) is 13.6 Å². The van der Waals surface area contributed by atoms with Crippen LogP contribution in [0.3, 0.4) is 0 Å². The minimum atomic E-state index is -1.06. The maximum absolute atomic E-state index is 13.8. The third kappa shape index (κ3) is 5.51. The number of carbonyl (C=O) groups is 1. The topological polar surface area (TPSA) is 50.1 Å². The van der Waals surface area contributed by atoms with E-state index < -0.39 is 23.2 Å². The van der Waals surface area contributed by atoms with Crippen molar-refractivity contribution in [1.29, 1.82) is 5.26 Å². The molecule has 1 aliphatic carbocycles. The number of carbonyl (C=O) groups excluding carboxylic acids is 1. The Kier molecular flexibility index (Phi) is 7.37. The summed E-state index contributed by atoms with van der Waals surface area (Å²) in [7, 11) is 0. The lowest BCUT2D eigenvalue weighted by molar-refractivity contribution is 0.0734. The molecule has 0 spiro atoms. The van der Waals surface area contributed by atoms with Crippen molar-refractivity contribution < 1.29 is 18.3 Å². The third-order valence-electron chi connectivity index (χ3n) is 6.86. The van der Waals surface area contributed by atoms with Gasteiger partial charge < -0.3 is 4.74 Å². The van der Waals surface area contributed by atoms with Crippen molar-refractivity contribution in [3.05, 3.63) is 101 Å². The SMILES string of the molecule is C[C@@H](CC1CCC(c2ccc(C(=O)Oc3cc(F)c(C#N)c(F)c3)cc2)CC1)c1ccccc1. The highest BCUT2D eigenvalue weighted by Crippen LogP contribution is 2.39. The Balaban J connectivity index is 1.32. The highest BCUT2D eigenvalue weighted by molar-refractivity contribution is 5.91. The van der Waals surface area contributed by atoms with Gasteiger partial charge in [-0.3, -0.25) is 0 Å². The molecule has 0 amide bonds. The van der Waals surface area contributed by atoms with Gasteiger partial charge in [0, 0.05) is 12.1 Å². The molecule has 3 aromatic carbocycles. The molecule has 4 rings (SSSR count). The molecule has 0 heterocycles. The van der Waals surface area contributed by atoms with Crippen LogP contribution < -0.4 is 4.74 Å². The standard InChI is InChI=1S/C29H27F2NO2/c1-19(21-5-3-2-4-6-21)15-20-7-9-22(10-8-20)23-11-13-24(14-12-23)29(33)34-25-16-27(30)26(18-32)28(31)17-25/h2-6,11-14,16-17,19-20,22H,7-10,15H2,1H3/t19-,20?,22?/m0/s1. The highest BCUT2D eigenvalue weighted by atomic mass is 19.1. The zero-order valence-corrected chi connectivity index (χ0v) is 19.1. The largest absolute Gasteiger partial charge is 0.423 e. The van der Waals surface area contributed by atoms with E-state index in [2.05, 4.69) is 37.3 Å². The maximum atomic E-state index is 13.8. The van der Waals surface area contributed by atoms with Gasteiger partial charge in [0.2, 0.25) is 0 Å². The fourth-order valence-corrected chi connectivity index (χ4v) is 4.92.